The van der Waals surface area contributed by atoms with Crippen LogP contribution < -0.4 is 0 Å². The number of carbonyl (C=O) groups is 4. The summed E-state index contributed by atoms with van der Waals surface area (Å²) in [6.07, 6.45) is 1.64. The highest BCUT2D eigenvalue weighted by Crippen LogP contribution is 2.56. The van der Waals surface area contributed by atoms with Gasteiger partial charge in [0.1, 0.15) is 12.7 Å². The van der Waals surface area contributed by atoms with Crippen molar-refractivity contribution in [1.82, 2.24) is 0 Å². The first kappa shape index (κ1) is 27.3. The van der Waals surface area contributed by atoms with E-state index in [9.17, 15) is 19.2 Å². The average Bonchev–Trinajstić information content (AvgIpc) is 2.73. The molecule has 2 rings (SSSR count). The standard InChI is InChI=1S/C26H36O8/c1-9-15(4)25(30)34-24-22(32-18(7)28)10-16(5)21-11-20(14(2)3)12-23(33-19(8)29)26(21,24)13-31-17(6)27/h9-10,20-24H,2,11-13H2,1,3-8H3/b15-9-/t20-,21+,22-,23-,24-,26+/m0/s1. The van der Waals surface area contributed by atoms with E-state index >= 15 is 0 Å². The fourth-order valence-corrected chi connectivity index (χ4v) is 5.12. The fraction of sp³-hybridized carbons (Fsp3) is 0.615. The Kier molecular flexibility index (Phi) is 8.86. The molecule has 2 aliphatic carbocycles. The van der Waals surface area contributed by atoms with Crippen LogP contribution in [0.1, 0.15) is 61.3 Å². The third-order valence-corrected chi connectivity index (χ3v) is 6.89. The first-order chi connectivity index (χ1) is 15.8. The van der Waals surface area contributed by atoms with Crippen molar-refractivity contribution in [2.45, 2.75) is 79.6 Å². The van der Waals surface area contributed by atoms with Crippen LogP contribution >= 0.6 is 0 Å². The van der Waals surface area contributed by atoms with Crippen molar-refractivity contribution in [2.24, 2.45) is 17.3 Å². The molecule has 0 aliphatic heterocycles. The van der Waals surface area contributed by atoms with Crippen LogP contribution in [0.3, 0.4) is 0 Å². The fourth-order valence-electron chi connectivity index (χ4n) is 5.12. The Morgan fingerprint density at radius 1 is 1.00 bits per heavy atom. The molecule has 0 spiro atoms. The van der Waals surface area contributed by atoms with Crippen molar-refractivity contribution < 1.29 is 38.1 Å². The Hall–Kier alpha value is -2.90. The maximum absolute atomic E-state index is 12.9. The highest BCUT2D eigenvalue weighted by atomic mass is 16.6. The lowest BCUT2D eigenvalue weighted by molar-refractivity contribution is -0.221. The maximum atomic E-state index is 12.9. The van der Waals surface area contributed by atoms with Gasteiger partial charge < -0.3 is 18.9 Å². The number of fused-ring (bicyclic) bond motifs is 1. The Morgan fingerprint density at radius 2 is 1.62 bits per heavy atom. The van der Waals surface area contributed by atoms with Gasteiger partial charge >= 0.3 is 23.9 Å². The lowest BCUT2D eigenvalue weighted by atomic mass is 9.53. The van der Waals surface area contributed by atoms with Gasteiger partial charge in [-0.15, -0.1) is 0 Å². The molecule has 0 N–H and O–H groups in total. The van der Waals surface area contributed by atoms with Gasteiger partial charge in [-0.1, -0.05) is 23.8 Å². The number of rotatable bonds is 7. The van der Waals surface area contributed by atoms with Gasteiger partial charge in [-0.25, -0.2) is 4.79 Å². The molecule has 6 atom stereocenters. The molecule has 0 aromatic rings. The molecule has 34 heavy (non-hydrogen) atoms. The van der Waals surface area contributed by atoms with E-state index in [1.807, 2.05) is 13.8 Å². The minimum absolute atomic E-state index is 0.0297. The van der Waals surface area contributed by atoms with E-state index in [2.05, 4.69) is 6.58 Å². The largest absolute Gasteiger partial charge is 0.465 e. The van der Waals surface area contributed by atoms with E-state index in [1.54, 1.807) is 26.0 Å². The smallest absolute Gasteiger partial charge is 0.333 e. The van der Waals surface area contributed by atoms with E-state index in [4.69, 9.17) is 18.9 Å². The number of carbonyl (C=O) groups excluding carboxylic acids is 4. The molecule has 1 saturated carbocycles. The van der Waals surface area contributed by atoms with Crippen molar-refractivity contribution in [2.75, 3.05) is 6.61 Å². The van der Waals surface area contributed by atoms with Crippen molar-refractivity contribution in [3.63, 3.8) is 0 Å². The number of ether oxygens (including phenoxy) is 4. The van der Waals surface area contributed by atoms with Gasteiger partial charge in [0.15, 0.2) is 12.2 Å². The van der Waals surface area contributed by atoms with Crippen LogP contribution in [-0.2, 0) is 38.1 Å². The second kappa shape index (κ2) is 11.0. The molecule has 188 valence electrons. The second-order valence-corrected chi connectivity index (χ2v) is 9.34. The van der Waals surface area contributed by atoms with Crippen LogP contribution in [0.15, 0.2) is 35.5 Å². The van der Waals surface area contributed by atoms with Gasteiger partial charge in [0.05, 0.1) is 5.41 Å². The molecule has 0 amide bonds. The normalized spacial score (nSPS) is 30.9. The third-order valence-electron chi connectivity index (χ3n) is 6.89. The zero-order chi connectivity index (χ0) is 25.8. The molecule has 0 bridgehead atoms. The number of hydrogen-bond donors (Lipinski definition) is 0. The minimum atomic E-state index is -1.16. The molecule has 0 unspecified atom stereocenters. The third kappa shape index (κ3) is 5.77. The molecule has 0 aromatic heterocycles. The molecule has 8 heteroatoms. The Bertz CT molecular complexity index is 914. The first-order valence-electron chi connectivity index (χ1n) is 11.5. The van der Waals surface area contributed by atoms with Crippen LogP contribution in [0.2, 0.25) is 0 Å². The molecule has 0 radical (unpaired) electrons. The van der Waals surface area contributed by atoms with E-state index in [0.717, 1.165) is 11.1 Å². The SMILES string of the molecule is C=C(C)[C@@H]1C[C@H](OC(C)=O)[C@@]2(COC(C)=O)[C@H](C1)C(C)=C[C@H](OC(C)=O)[C@@H]2OC(=O)/C(C)=C\C. The van der Waals surface area contributed by atoms with E-state index in [1.165, 1.54) is 20.8 Å². The van der Waals surface area contributed by atoms with Crippen LogP contribution in [0, 0.1) is 17.3 Å². The number of esters is 4. The van der Waals surface area contributed by atoms with Gasteiger partial charge in [-0.05, 0) is 58.4 Å². The summed E-state index contributed by atoms with van der Waals surface area (Å²) in [5.41, 5.74) is 1.01. The second-order valence-electron chi connectivity index (χ2n) is 9.34. The van der Waals surface area contributed by atoms with Gasteiger partial charge in [0.2, 0.25) is 0 Å². The first-order valence-corrected chi connectivity index (χ1v) is 11.5. The number of allylic oxidation sites excluding steroid dienone is 3. The highest BCUT2D eigenvalue weighted by Gasteiger charge is 2.63. The summed E-state index contributed by atoms with van der Waals surface area (Å²) >= 11 is 0. The van der Waals surface area contributed by atoms with Crippen LogP contribution in [0.4, 0.5) is 0 Å². The Labute approximate surface area is 201 Å². The summed E-state index contributed by atoms with van der Waals surface area (Å²) in [5.74, 6) is -2.45. The van der Waals surface area contributed by atoms with Crippen molar-refractivity contribution >= 4 is 23.9 Å². The lowest BCUT2D eigenvalue weighted by Gasteiger charge is -2.56. The molecule has 2 aliphatic rings. The molecule has 1 fully saturated rings. The summed E-state index contributed by atoms with van der Waals surface area (Å²) in [6, 6.07) is 0. The van der Waals surface area contributed by atoms with Gasteiger partial charge in [0.25, 0.3) is 0 Å². The summed E-state index contributed by atoms with van der Waals surface area (Å²) in [4.78, 5) is 49.0. The predicted molar refractivity (Wildman–Crippen MR) is 124 cm³/mol. The van der Waals surface area contributed by atoms with E-state index in [-0.39, 0.29) is 18.4 Å². The van der Waals surface area contributed by atoms with Gasteiger partial charge in [-0.2, -0.15) is 0 Å². The molecule has 0 saturated heterocycles. The minimum Gasteiger partial charge on any atom is -0.465 e. The molecular weight excluding hydrogens is 440 g/mol. The molecule has 0 aromatic carbocycles. The molecular formula is C26H36O8. The average molecular weight is 477 g/mol. The van der Waals surface area contributed by atoms with Crippen LogP contribution in [0.5, 0.6) is 0 Å². The van der Waals surface area contributed by atoms with Gasteiger partial charge in [0, 0.05) is 26.3 Å². The lowest BCUT2D eigenvalue weighted by Crippen LogP contribution is -2.65. The van der Waals surface area contributed by atoms with E-state index < -0.39 is 47.6 Å². The molecule has 0 heterocycles. The zero-order valence-corrected chi connectivity index (χ0v) is 21.1. The Morgan fingerprint density at radius 3 is 2.12 bits per heavy atom. The maximum Gasteiger partial charge on any atom is 0.333 e. The quantitative estimate of drug-likeness (QED) is 0.236. The monoisotopic (exact) mass is 476 g/mol. The van der Waals surface area contributed by atoms with Crippen LogP contribution in [0.25, 0.3) is 0 Å². The van der Waals surface area contributed by atoms with Crippen molar-refractivity contribution in [3.05, 3.63) is 35.5 Å². The van der Waals surface area contributed by atoms with E-state index in [0.29, 0.717) is 18.4 Å². The van der Waals surface area contributed by atoms with Crippen LogP contribution in [-0.4, -0.2) is 48.8 Å². The summed E-state index contributed by atoms with van der Waals surface area (Å²) in [6.45, 7) is 14.9. The number of hydrogen-bond acceptors (Lipinski definition) is 8. The van der Waals surface area contributed by atoms with Crippen molar-refractivity contribution in [1.29, 1.82) is 0 Å². The highest BCUT2D eigenvalue weighted by molar-refractivity contribution is 5.88. The van der Waals surface area contributed by atoms with Gasteiger partial charge in [-0.3, -0.25) is 14.4 Å². The topological polar surface area (TPSA) is 105 Å². The Balaban J connectivity index is 2.77. The summed E-state index contributed by atoms with van der Waals surface area (Å²) in [7, 11) is 0. The predicted octanol–water partition coefficient (Wildman–Crippen LogP) is 3.84. The summed E-state index contributed by atoms with van der Waals surface area (Å²) in [5, 5.41) is 0. The molecule has 8 nitrogen and oxygen atoms in total. The van der Waals surface area contributed by atoms with Crippen molar-refractivity contribution in [3.8, 4) is 0 Å². The summed E-state index contributed by atoms with van der Waals surface area (Å²) < 4.78 is 22.9. The zero-order valence-electron chi connectivity index (χ0n) is 21.1.